The molecule has 106 valence electrons. The maximum absolute atomic E-state index is 5.68. The Hall–Kier alpha value is -1.48. The van der Waals surface area contributed by atoms with Gasteiger partial charge in [-0.25, -0.2) is 0 Å². The molecule has 0 amide bonds. The third-order valence-corrected chi connectivity index (χ3v) is 5.04. The lowest BCUT2D eigenvalue weighted by atomic mass is 9.71. The zero-order chi connectivity index (χ0) is 13.5. The van der Waals surface area contributed by atoms with Gasteiger partial charge in [0.1, 0.15) is 19.3 Å². The minimum atomic E-state index is 0.478. The lowest BCUT2D eigenvalue weighted by molar-refractivity contribution is -0.741. The van der Waals surface area contributed by atoms with Gasteiger partial charge in [-0.2, -0.15) is 0 Å². The summed E-state index contributed by atoms with van der Waals surface area (Å²) in [6.07, 6.45) is 7.45. The average molecular weight is 272 g/mol. The second kappa shape index (κ2) is 4.81. The smallest absolute Gasteiger partial charge is 0.161 e. The van der Waals surface area contributed by atoms with Crippen LogP contribution in [0.1, 0.15) is 31.4 Å². The topological polar surface area (TPSA) is 35.1 Å². The van der Waals surface area contributed by atoms with Gasteiger partial charge in [-0.3, -0.25) is 0 Å². The van der Waals surface area contributed by atoms with Crippen molar-refractivity contribution >= 4 is 0 Å². The summed E-state index contributed by atoms with van der Waals surface area (Å²) in [6, 6.07) is 7.62. The molecule has 1 heterocycles. The van der Waals surface area contributed by atoms with Gasteiger partial charge in [-0.05, 0) is 37.5 Å². The maximum Gasteiger partial charge on any atom is 0.161 e. The Labute approximate surface area is 120 Å². The molecule has 0 radical (unpaired) electrons. The van der Waals surface area contributed by atoms with E-state index < -0.39 is 0 Å². The summed E-state index contributed by atoms with van der Waals surface area (Å²) < 4.78 is 11.3. The van der Waals surface area contributed by atoms with Crippen LogP contribution < -0.4 is 14.8 Å². The van der Waals surface area contributed by atoms with Gasteiger partial charge in [0.05, 0.1) is 6.04 Å². The summed E-state index contributed by atoms with van der Waals surface area (Å²) in [6.45, 7) is 3.61. The molecular weight excluding hydrogens is 250 g/mol. The highest BCUT2D eigenvalue weighted by atomic mass is 16.6. The number of hydrogen-bond donors (Lipinski definition) is 1. The van der Waals surface area contributed by atoms with E-state index >= 15 is 0 Å². The number of allylic oxidation sites excluding steroid dienone is 1. The monoisotopic (exact) mass is 272 g/mol. The number of ether oxygens (including phenoxy) is 2. The lowest BCUT2D eigenvalue weighted by Gasteiger charge is -2.39. The van der Waals surface area contributed by atoms with Crippen molar-refractivity contribution in [1.29, 1.82) is 0 Å². The van der Waals surface area contributed by atoms with E-state index in [1.54, 1.807) is 0 Å². The zero-order valence-corrected chi connectivity index (χ0v) is 11.9. The van der Waals surface area contributed by atoms with Crippen molar-refractivity contribution in [2.24, 2.45) is 11.8 Å². The molecular formula is C17H22NO2+. The molecule has 0 saturated heterocycles. The predicted molar refractivity (Wildman–Crippen MR) is 76.9 cm³/mol. The molecule has 3 aliphatic rings. The summed E-state index contributed by atoms with van der Waals surface area (Å²) in [5.41, 5.74) is 1.33. The predicted octanol–water partition coefficient (Wildman–Crippen LogP) is 2.05. The number of nitrogens with two attached hydrogens (primary N) is 1. The van der Waals surface area contributed by atoms with Gasteiger partial charge >= 0.3 is 0 Å². The first-order chi connectivity index (χ1) is 9.81. The van der Waals surface area contributed by atoms with Crippen molar-refractivity contribution in [3.05, 3.63) is 35.9 Å². The quantitative estimate of drug-likeness (QED) is 0.855. The molecule has 1 aromatic carbocycles. The Morgan fingerprint density at radius 2 is 2.05 bits per heavy atom. The molecule has 1 aromatic rings. The van der Waals surface area contributed by atoms with Crippen LogP contribution in [0.2, 0.25) is 0 Å². The fourth-order valence-electron chi connectivity index (χ4n) is 3.81. The highest BCUT2D eigenvalue weighted by molar-refractivity contribution is 5.44. The summed E-state index contributed by atoms with van der Waals surface area (Å²) in [5.74, 6) is 3.54. The van der Waals surface area contributed by atoms with Crippen molar-refractivity contribution in [2.75, 3.05) is 13.2 Å². The maximum atomic E-state index is 5.68. The second-order valence-electron chi connectivity index (χ2n) is 6.29. The van der Waals surface area contributed by atoms with E-state index in [1.807, 2.05) is 6.07 Å². The van der Waals surface area contributed by atoms with Gasteiger partial charge in [0.15, 0.2) is 11.5 Å². The Morgan fingerprint density at radius 1 is 1.20 bits per heavy atom. The number of benzene rings is 1. The molecule has 3 nitrogen and oxygen atoms in total. The molecule has 1 fully saturated rings. The minimum Gasteiger partial charge on any atom is -0.486 e. The molecule has 3 heteroatoms. The summed E-state index contributed by atoms with van der Waals surface area (Å²) in [7, 11) is 0. The number of fused-ring (bicyclic) bond motifs is 2. The van der Waals surface area contributed by atoms with Gasteiger partial charge in [0.25, 0.3) is 0 Å². The lowest BCUT2D eigenvalue weighted by Crippen LogP contribution is -2.94. The van der Waals surface area contributed by atoms with Crippen molar-refractivity contribution < 1.29 is 14.8 Å². The molecule has 20 heavy (non-hydrogen) atoms. The molecule has 4 atom stereocenters. The van der Waals surface area contributed by atoms with Gasteiger partial charge in [-0.15, -0.1) is 0 Å². The Bertz CT molecular complexity index is 540. The minimum absolute atomic E-state index is 0.478. The largest absolute Gasteiger partial charge is 0.486 e. The summed E-state index contributed by atoms with van der Waals surface area (Å²) in [5, 5.41) is 2.53. The van der Waals surface area contributed by atoms with E-state index in [2.05, 4.69) is 36.5 Å². The number of rotatable bonds is 3. The SMILES string of the molecule is C[C@H]([NH2+][C@H]1C[C@H]2CC=C[C@@H]21)c1ccc2c(c1)OCCO2. The molecule has 2 N–H and O–H groups in total. The van der Waals surface area contributed by atoms with Crippen LogP contribution in [-0.4, -0.2) is 19.3 Å². The van der Waals surface area contributed by atoms with E-state index in [9.17, 15) is 0 Å². The van der Waals surface area contributed by atoms with E-state index in [-0.39, 0.29) is 0 Å². The van der Waals surface area contributed by atoms with Crippen LogP contribution in [0.5, 0.6) is 11.5 Å². The molecule has 1 aliphatic heterocycles. The molecule has 0 bridgehead atoms. The van der Waals surface area contributed by atoms with Crippen LogP contribution in [0.3, 0.4) is 0 Å². The van der Waals surface area contributed by atoms with E-state index in [0.29, 0.717) is 19.3 Å². The highest BCUT2D eigenvalue weighted by Gasteiger charge is 2.44. The van der Waals surface area contributed by atoms with Crippen molar-refractivity contribution in [3.8, 4) is 11.5 Å². The zero-order valence-electron chi connectivity index (χ0n) is 11.9. The Morgan fingerprint density at radius 3 is 2.90 bits per heavy atom. The van der Waals surface area contributed by atoms with Crippen LogP contribution in [0.15, 0.2) is 30.4 Å². The normalized spacial score (nSPS) is 31.6. The fourth-order valence-corrected chi connectivity index (χ4v) is 3.81. The standard InChI is InChI=1S/C17H21NO2/c1-11(18-15-9-13-3-2-4-14(13)15)12-5-6-16-17(10-12)20-8-7-19-16/h2,4-6,10-11,13-15,18H,3,7-9H2,1H3/p+1/t11-,13+,14-,15-/m0/s1. The average Bonchev–Trinajstić information content (AvgIpc) is 2.85. The molecule has 4 rings (SSSR count). The molecule has 0 aromatic heterocycles. The summed E-state index contributed by atoms with van der Waals surface area (Å²) >= 11 is 0. The van der Waals surface area contributed by atoms with E-state index in [1.165, 1.54) is 18.4 Å². The molecule has 0 unspecified atom stereocenters. The molecule has 2 aliphatic carbocycles. The second-order valence-corrected chi connectivity index (χ2v) is 6.29. The number of hydrogen-bond acceptors (Lipinski definition) is 2. The first-order valence-corrected chi connectivity index (χ1v) is 7.72. The van der Waals surface area contributed by atoms with Gasteiger partial charge in [0, 0.05) is 17.9 Å². The third-order valence-electron chi connectivity index (χ3n) is 5.04. The van der Waals surface area contributed by atoms with Crippen LogP contribution >= 0.6 is 0 Å². The van der Waals surface area contributed by atoms with Gasteiger partial charge in [-0.1, -0.05) is 12.2 Å². The van der Waals surface area contributed by atoms with Crippen molar-refractivity contribution in [3.63, 3.8) is 0 Å². The fraction of sp³-hybridized carbons (Fsp3) is 0.529. The summed E-state index contributed by atoms with van der Waals surface area (Å²) in [4.78, 5) is 0. The van der Waals surface area contributed by atoms with Crippen molar-refractivity contribution in [2.45, 2.75) is 31.8 Å². The van der Waals surface area contributed by atoms with Crippen LogP contribution in [0.4, 0.5) is 0 Å². The Balaban J connectivity index is 1.45. The first-order valence-electron chi connectivity index (χ1n) is 7.72. The van der Waals surface area contributed by atoms with Crippen LogP contribution in [-0.2, 0) is 0 Å². The van der Waals surface area contributed by atoms with Crippen molar-refractivity contribution in [1.82, 2.24) is 0 Å². The number of quaternary nitrogens is 1. The first kappa shape index (κ1) is 12.3. The van der Waals surface area contributed by atoms with Crippen LogP contribution in [0.25, 0.3) is 0 Å². The molecule has 0 spiro atoms. The molecule has 1 saturated carbocycles. The van der Waals surface area contributed by atoms with Gasteiger partial charge in [0.2, 0.25) is 0 Å². The highest BCUT2D eigenvalue weighted by Crippen LogP contribution is 2.41. The van der Waals surface area contributed by atoms with Gasteiger partial charge < -0.3 is 14.8 Å². The van der Waals surface area contributed by atoms with Crippen LogP contribution in [0, 0.1) is 11.8 Å². The van der Waals surface area contributed by atoms with E-state index in [0.717, 1.165) is 29.4 Å². The van der Waals surface area contributed by atoms with E-state index in [4.69, 9.17) is 9.47 Å². The Kier molecular flexibility index (Phi) is 2.95. The third kappa shape index (κ3) is 2.01.